The predicted octanol–water partition coefficient (Wildman–Crippen LogP) is 2.49. The molecular formula is C24H27FN2O6S. The van der Waals surface area contributed by atoms with Crippen LogP contribution in [0.1, 0.15) is 38.3 Å². The first-order valence-corrected chi connectivity index (χ1v) is 12.6. The molecule has 1 spiro atoms. The van der Waals surface area contributed by atoms with Gasteiger partial charge in [0.25, 0.3) is 5.91 Å². The van der Waals surface area contributed by atoms with Crippen LogP contribution in [0.5, 0.6) is 5.75 Å². The van der Waals surface area contributed by atoms with E-state index in [1.54, 1.807) is 6.07 Å². The number of carbonyl (C=O) groups is 2. The van der Waals surface area contributed by atoms with E-state index in [2.05, 4.69) is 5.32 Å². The zero-order chi connectivity index (χ0) is 24.9. The molecule has 0 unspecified atom stereocenters. The molecule has 182 valence electrons. The number of hydrogen-bond donors (Lipinski definition) is 2. The number of sulfone groups is 1. The van der Waals surface area contributed by atoms with E-state index in [9.17, 15) is 27.5 Å². The summed E-state index contributed by atoms with van der Waals surface area (Å²) in [7, 11) is -3.72. The molecule has 0 saturated carbocycles. The summed E-state index contributed by atoms with van der Waals surface area (Å²) in [6.45, 7) is 5.56. The molecule has 0 aliphatic carbocycles. The van der Waals surface area contributed by atoms with Crippen LogP contribution >= 0.6 is 0 Å². The van der Waals surface area contributed by atoms with Crippen molar-refractivity contribution in [2.24, 2.45) is 0 Å². The molecule has 2 atom stereocenters. The Morgan fingerprint density at radius 3 is 2.62 bits per heavy atom. The van der Waals surface area contributed by atoms with Crippen molar-refractivity contribution in [2.45, 2.75) is 49.1 Å². The van der Waals surface area contributed by atoms with Gasteiger partial charge in [-0.2, -0.15) is 0 Å². The van der Waals surface area contributed by atoms with Gasteiger partial charge in [-0.05, 0) is 41.7 Å². The van der Waals surface area contributed by atoms with Gasteiger partial charge in [0.15, 0.2) is 9.84 Å². The number of nitrogens with one attached hydrogen (secondary N) is 1. The van der Waals surface area contributed by atoms with Crippen LogP contribution in [0.4, 0.5) is 9.18 Å². The van der Waals surface area contributed by atoms with Crippen LogP contribution in [-0.2, 0) is 25.6 Å². The van der Waals surface area contributed by atoms with Gasteiger partial charge in [-0.15, -0.1) is 0 Å². The largest absolute Gasteiger partial charge is 0.491 e. The Kier molecular flexibility index (Phi) is 5.93. The van der Waals surface area contributed by atoms with E-state index in [1.807, 2.05) is 39.0 Å². The highest BCUT2D eigenvalue weighted by Crippen LogP contribution is 2.41. The third-order valence-corrected chi connectivity index (χ3v) is 7.95. The Hall–Kier alpha value is -2.98. The number of aliphatic hydroxyl groups excluding tert-OH is 1. The van der Waals surface area contributed by atoms with Crippen LogP contribution in [0.3, 0.4) is 0 Å². The minimum atomic E-state index is -3.72. The van der Waals surface area contributed by atoms with Crippen molar-refractivity contribution in [3.63, 3.8) is 0 Å². The fraction of sp³-hybridized carbons (Fsp3) is 0.417. The topological polar surface area (TPSA) is 113 Å². The van der Waals surface area contributed by atoms with Crippen molar-refractivity contribution < 1.29 is 32.2 Å². The number of fused-ring (bicyclic) bond motifs is 2. The third-order valence-electron chi connectivity index (χ3n) is 6.18. The molecule has 0 radical (unpaired) electrons. The monoisotopic (exact) mass is 490 g/mol. The maximum atomic E-state index is 14.0. The highest BCUT2D eigenvalue weighted by Gasteiger charge is 2.56. The molecule has 3 amide bonds. The van der Waals surface area contributed by atoms with E-state index in [-0.39, 0.29) is 41.2 Å². The van der Waals surface area contributed by atoms with Crippen molar-refractivity contribution in [1.82, 2.24) is 10.2 Å². The number of benzene rings is 2. The molecule has 0 aromatic heterocycles. The fourth-order valence-corrected chi connectivity index (χ4v) is 6.08. The Bertz CT molecular complexity index is 1260. The van der Waals surface area contributed by atoms with Crippen molar-refractivity contribution in [3.05, 3.63) is 59.4 Å². The third kappa shape index (κ3) is 4.16. The van der Waals surface area contributed by atoms with Crippen LogP contribution in [0.2, 0.25) is 0 Å². The van der Waals surface area contributed by atoms with Crippen molar-refractivity contribution in [1.29, 1.82) is 0 Å². The lowest BCUT2D eigenvalue weighted by Crippen LogP contribution is -2.49. The van der Waals surface area contributed by atoms with Gasteiger partial charge < -0.3 is 15.2 Å². The number of rotatable bonds is 5. The molecule has 1 saturated heterocycles. The van der Waals surface area contributed by atoms with Gasteiger partial charge in [-0.3, -0.25) is 9.69 Å². The van der Waals surface area contributed by atoms with Gasteiger partial charge in [-0.25, -0.2) is 17.6 Å². The fourth-order valence-electron chi connectivity index (χ4n) is 4.44. The lowest BCUT2D eigenvalue weighted by molar-refractivity contribution is -0.133. The number of β-amino-alcohol motifs (C(OH)–C–C–N with tert-alkyl or cyclic N) is 1. The number of aliphatic hydroxyl groups is 1. The smallest absolute Gasteiger partial charge is 0.325 e. The number of halogens is 1. The van der Waals surface area contributed by atoms with E-state index in [0.717, 1.165) is 28.7 Å². The molecular weight excluding hydrogens is 463 g/mol. The second kappa shape index (κ2) is 8.35. The molecule has 2 aliphatic rings. The first-order chi connectivity index (χ1) is 15.8. The van der Waals surface area contributed by atoms with Crippen LogP contribution in [0, 0.1) is 5.82 Å². The highest BCUT2D eigenvalue weighted by molar-refractivity contribution is 7.91. The Morgan fingerprint density at radius 2 is 1.91 bits per heavy atom. The van der Waals surface area contributed by atoms with Gasteiger partial charge in [0.2, 0.25) is 0 Å². The lowest BCUT2D eigenvalue weighted by Gasteiger charge is -2.33. The predicted molar refractivity (Wildman–Crippen MR) is 122 cm³/mol. The van der Waals surface area contributed by atoms with Crippen LogP contribution in [-0.4, -0.2) is 55.4 Å². The number of urea groups is 1. The van der Waals surface area contributed by atoms with E-state index in [4.69, 9.17) is 4.74 Å². The molecule has 2 heterocycles. The van der Waals surface area contributed by atoms with Crippen LogP contribution in [0.25, 0.3) is 0 Å². The zero-order valence-corrected chi connectivity index (χ0v) is 20.0. The van der Waals surface area contributed by atoms with Gasteiger partial charge >= 0.3 is 6.03 Å². The molecule has 10 heteroatoms. The molecule has 2 aromatic carbocycles. The molecule has 2 aromatic rings. The standard InChI is InChI=1S/C24H27FN2O6S/c1-23(2,3)17-6-4-5-7-19(17)33-14-16(28)13-27-21(29)24(26-22(27)30)10-11-34(31,32)20-9-8-15(25)12-18(20)24/h4-9,12,16,28H,10-11,13-14H2,1-3H3,(H,26,30)/t16-,24+/m0/s1. The van der Waals surface area contributed by atoms with E-state index in [1.165, 1.54) is 0 Å². The van der Waals surface area contributed by atoms with Crippen molar-refractivity contribution in [3.8, 4) is 5.75 Å². The highest BCUT2D eigenvalue weighted by atomic mass is 32.2. The molecule has 2 N–H and O–H groups in total. The van der Waals surface area contributed by atoms with E-state index >= 15 is 0 Å². The molecule has 4 rings (SSSR count). The zero-order valence-electron chi connectivity index (χ0n) is 19.2. The van der Waals surface area contributed by atoms with Gasteiger partial charge in [-0.1, -0.05) is 39.0 Å². The van der Waals surface area contributed by atoms with Crippen molar-refractivity contribution in [2.75, 3.05) is 18.9 Å². The second-order valence-corrected chi connectivity index (χ2v) is 11.7. The van der Waals surface area contributed by atoms with Crippen LogP contribution in [0.15, 0.2) is 47.4 Å². The summed E-state index contributed by atoms with van der Waals surface area (Å²) >= 11 is 0. The molecule has 2 aliphatic heterocycles. The number of carbonyl (C=O) groups excluding carboxylic acids is 2. The lowest BCUT2D eigenvalue weighted by atomic mass is 9.86. The number of imide groups is 1. The average Bonchev–Trinajstić information content (AvgIpc) is 3.00. The summed E-state index contributed by atoms with van der Waals surface area (Å²) in [5, 5.41) is 13.1. The Balaban J connectivity index is 1.53. The maximum absolute atomic E-state index is 14.0. The van der Waals surface area contributed by atoms with E-state index < -0.39 is 39.2 Å². The minimum absolute atomic E-state index is 0.0931. The van der Waals surface area contributed by atoms with Crippen molar-refractivity contribution >= 4 is 21.8 Å². The SMILES string of the molecule is CC(C)(C)c1ccccc1OC[C@@H](O)CN1C(=O)N[C@@]2(CCS(=O)(=O)c3ccc(F)cc32)C1=O. The first-order valence-electron chi connectivity index (χ1n) is 10.9. The quantitative estimate of drug-likeness (QED) is 0.492. The van der Waals surface area contributed by atoms with Crippen LogP contribution < -0.4 is 10.1 Å². The summed E-state index contributed by atoms with van der Waals surface area (Å²) in [4.78, 5) is 26.7. The first kappa shape index (κ1) is 24.2. The maximum Gasteiger partial charge on any atom is 0.325 e. The number of ether oxygens (including phenoxy) is 1. The van der Waals surface area contributed by atoms with E-state index in [0.29, 0.717) is 5.75 Å². The van der Waals surface area contributed by atoms with Gasteiger partial charge in [0, 0.05) is 5.56 Å². The number of para-hydroxylation sites is 1. The summed E-state index contributed by atoms with van der Waals surface area (Å²) < 4.78 is 44.7. The molecule has 34 heavy (non-hydrogen) atoms. The minimum Gasteiger partial charge on any atom is -0.491 e. The summed E-state index contributed by atoms with van der Waals surface area (Å²) in [6, 6.07) is 9.71. The van der Waals surface area contributed by atoms with Gasteiger partial charge in [0.05, 0.1) is 17.2 Å². The number of amides is 3. The van der Waals surface area contributed by atoms with Gasteiger partial charge in [0.1, 0.15) is 29.8 Å². The summed E-state index contributed by atoms with van der Waals surface area (Å²) in [5.41, 5.74) is -1.04. The summed E-state index contributed by atoms with van der Waals surface area (Å²) in [5.74, 6) is -1.24. The number of hydrogen-bond acceptors (Lipinski definition) is 6. The Labute approximate surface area is 197 Å². The second-order valence-electron chi connectivity index (χ2n) is 9.67. The average molecular weight is 491 g/mol. The Morgan fingerprint density at radius 1 is 1.21 bits per heavy atom. The molecule has 8 nitrogen and oxygen atoms in total. The normalized spacial score (nSPS) is 22.4. The summed E-state index contributed by atoms with van der Waals surface area (Å²) in [6.07, 6.45) is -1.42. The molecule has 0 bridgehead atoms. The number of nitrogens with zero attached hydrogens (tertiary/aromatic N) is 1. The molecule has 1 fully saturated rings.